The SMILES string of the molecule is Nc1c(F)cccc1C(=O)NCC(O)CO. The zero-order valence-corrected chi connectivity index (χ0v) is 8.48. The maximum Gasteiger partial charge on any atom is 0.253 e. The van der Waals surface area contributed by atoms with E-state index in [4.69, 9.17) is 15.9 Å². The number of para-hydroxylation sites is 1. The van der Waals surface area contributed by atoms with Gasteiger partial charge in [-0.3, -0.25) is 4.79 Å². The van der Waals surface area contributed by atoms with Crippen LogP contribution in [0.2, 0.25) is 0 Å². The number of hydrogen-bond donors (Lipinski definition) is 4. The van der Waals surface area contributed by atoms with Gasteiger partial charge in [0, 0.05) is 6.54 Å². The number of carbonyl (C=O) groups is 1. The Morgan fingerprint density at radius 1 is 1.56 bits per heavy atom. The third kappa shape index (κ3) is 2.91. The van der Waals surface area contributed by atoms with Crippen molar-refractivity contribution < 1.29 is 19.4 Å². The molecule has 0 fully saturated rings. The predicted molar refractivity (Wildman–Crippen MR) is 56.2 cm³/mol. The van der Waals surface area contributed by atoms with E-state index in [0.29, 0.717) is 0 Å². The average molecular weight is 228 g/mol. The second kappa shape index (κ2) is 5.43. The van der Waals surface area contributed by atoms with Crippen LogP contribution in [0.4, 0.5) is 10.1 Å². The van der Waals surface area contributed by atoms with Crippen molar-refractivity contribution in [3.63, 3.8) is 0 Å². The van der Waals surface area contributed by atoms with Gasteiger partial charge in [0.25, 0.3) is 5.91 Å². The van der Waals surface area contributed by atoms with Gasteiger partial charge in [-0.2, -0.15) is 0 Å². The quantitative estimate of drug-likeness (QED) is 0.522. The standard InChI is InChI=1S/C10H13FN2O3/c11-8-3-1-2-7(9(8)12)10(16)13-4-6(15)5-14/h1-3,6,14-15H,4-5,12H2,(H,13,16). The topological polar surface area (TPSA) is 95.6 Å². The fourth-order valence-corrected chi connectivity index (χ4v) is 1.11. The molecular weight excluding hydrogens is 215 g/mol. The van der Waals surface area contributed by atoms with E-state index < -0.39 is 24.4 Å². The van der Waals surface area contributed by atoms with Gasteiger partial charge in [0.15, 0.2) is 0 Å². The summed E-state index contributed by atoms with van der Waals surface area (Å²) >= 11 is 0. The minimum atomic E-state index is -1.04. The monoisotopic (exact) mass is 228 g/mol. The highest BCUT2D eigenvalue weighted by atomic mass is 19.1. The average Bonchev–Trinajstić information content (AvgIpc) is 2.29. The van der Waals surface area contributed by atoms with E-state index >= 15 is 0 Å². The van der Waals surface area contributed by atoms with Crippen molar-refractivity contribution in [2.24, 2.45) is 0 Å². The van der Waals surface area contributed by atoms with E-state index in [1.165, 1.54) is 12.1 Å². The Hall–Kier alpha value is -1.66. The lowest BCUT2D eigenvalue weighted by Gasteiger charge is -2.10. The summed E-state index contributed by atoms with van der Waals surface area (Å²) < 4.78 is 13.0. The van der Waals surface area contributed by atoms with Crippen LogP contribution >= 0.6 is 0 Å². The molecule has 1 aromatic carbocycles. The van der Waals surface area contributed by atoms with Gasteiger partial charge in [0.2, 0.25) is 0 Å². The number of aliphatic hydroxyl groups excluding tert-OH is 2. The minimum absolute atomic E-state index is 0.00476. The van der Waals surface area contributed by atoms with Crippen molar-refractivity contribution in [3.05, 3.63) is 29.6 Å². The predicted octanol–water partition coefficient (Wildman–Crippen LogP) is -0.509. The van der Waals surface area contributed by atoms with Crippen LogP contribution in [0.15, 0.2) is 18.2 Å². The maximum absolute atomic E-state index is 13.0. The van der Waals surface area contributed by atoms with Crippen LogP contribution in [0, 0.1) is 5.82 Å². The Labute approximate surface area is 91.7 Å². The molecule has 0 aliphatic heterocycles. The lowest BCUT2D eigenvalue weighted by Crippen LogP contribution is -2.34. The van der Waals surface area contributed by atoms with Crippen LogP contribution in [0.25, 0.3) is 0 Å². The molecule has 6 heteroatoms. The van der Waals surface area contributed by atoms with Crippen molar-refractivity contribution in [2.75, 3.05) is 18.9 Å². The first-order chi connectivity index (χ1) is 7.56. The van der Waals surface area contributed by atoms with Crippen molar-refractivity contribution >= 4 is 11.6 Å². The van der Waals surface area contributed by atoms with Crippen LogP contribution < -0.4 is 11.1 Å². The Morgan fingerprint density at radius 3 is 2.88 bits per heavy atom. The maximum atomic E-state index is 13.0. The Bertz CT molecular complexity index is 384. The molecule has 1 unspecified atom stereocenters. The number of aliphatic hydroxyl groups is 2. The van der Waals surface area contributed by atoms with E-state index in [-0.39, 0.29) is 17.8 Å². The van der Waals surface area contributed by atoms with Gasteiger partial charge in [-0.05, 0) is 12.1 Å². The normalized spacial score (nSPS) is 12.2. The number of rotatable bonds is 4. The molecule has 0 spiro atoms. The number of nitrogens with one attached hydrogen (secondary N) is 1. The molecule has 88 valence electrons. The largest absolute Gasteiger partial charge is 0.396 e. The minimum Gasteiger partial charge on any atom is -0.396 e. The molecule has 1 aromatic rings. The van der Waals surface area contributed by atoms with Gasteiger partial charge in [-0.15, -0.1) is 0 Å². The molecule has 0 saturated carbocycles. The van der Waals surface area contributed by atoms with Gasteiger partial charge < -0.3 is 21.3 Å². The molecule has 0 heterocycles. The Balaban J connectivity index is 2.70. The zero-order valence-electron chi connectivity index (χ0n) is 8.48. The number of nitrogen functional groups attached to an aromatic ring is 1. The first-order valence-corrected chi connectivity index (χ1v) is 4.67. The van der Waals surface area contributed by atoms with Crippen molar-refractivity contribution in [1.29, 1.82) is 0 Å². The highest BCUT2D eigenvalue weighted by Gasteiger charge is 2.13. The number of amides is 1. The second-order valence-electron chi connectivity index (χ2n) is 3.25. The van der Waals surface area contributed by atoms with E-state index in [2.05, 4.69) is 5.32 Å². The van der Waals surface area contributed by atoms with E-state index in [1.807, 2.05) is 0 Å². The molecule has 1 rings (SSSR count). The molecule has 0 aromatic heterocycles. The fourth-order valence-electron chi connectivity index (χ4n) is 1.11. The first-order valence-electron chi connectivity index (χ1n) is 4.67. The zero-order chi connectivity index (χ0) is 12.1. The van der Waals surface area contributed by atoms with Crippen LogP contribution in [-0.2, 0) is 0 Å². The molecule has 16 heavy (non-hydrogen) atoms. The van der Waals surface area contributed by atoms with E-state index in [1.54, 1.807) is 0 Å². The lowest BCUT2D eigenvalue weighted by molar-refractivity contribution is 0.0802. The summed E-state index contributed by atoms with van der Waals surface area (Å²) in [6, 6.07) is 3.89. The molecule has 1 amide bonds. The number of halogens is 1. The number of carbonyl (C=O) groups excluding carboxylic acids is 1. The number of nitrogens with two attached hydrogens (primary N) is 1. The summed E-state index contributed by atoms with van der Waals surface area (Å²) in [6.07, 6.45) is -1.04. The van der Waals surface area contributed by atoms with Crippen molar-refractivity contribution in [1.82, 2.24) is 5.32 Å². The molecule has 5 N–H and O–H groups in total. The summed E-state index contributed by atoms with van der Waals surface area (Å²) in [5, 5.41) is 19.9. The molecule has 0 saturated heterocycles. The van der Waals surface area contributed by atoms with Crippen LogP contribution in [0.1, 0.15) is 10.4 Å². The summed E-state index contributed by atoms with van der Waals surface area (Å²) in [5.74, 6) is -1.26. The third-order valence-electron chi connectivity index (χ3n) is 2.01. The number of anilines is 1. The summed E-state index contributed by atoms with van der Waals surface area (Å²) in [6.45, 7) is -0.579. The molecule has 5 nitrogen and oxygen atoms in total. The Kier molecular flexibility index (Phi) is 4.21. The lowest BCUT2D eigenvalue weighted by atomic mass is 10.1. The highest BCUT2D eigenvalue weighted by Crippen LogP contribution is 2.15. The number of benzene rings is 1. The number of hydrogen-bond acceptors (Lipinski definition) is 4. The molecule has 1 atom stereocenters. The Morgan fingerprint density at radius 2 is 2.25 bits per heavy atom. The third-order valence-corrected chi connectivity index (χ3v) is 2.01. The molecular formula is C10H13FN2O3. The summed E-state index contributed by atoms with van der Waals surface area (Å²) in [7, 11) is 0. The van der Waals surface area contributed by atoms with Gasteiger partial charge in [-0.1, -0.05) is 6.07 Å². The van der Waals surface area contributed by atoms with Gasteiger partial charge >= 0.3 is 0 Å². The van der Waals surface area contributed by atoms with Gasteiger partial charge in [0.05, 0.1) is 24.0 Å². The van der Waals surface area contributed by atoms with E-state index in [0.717, 1.165) is 6.07 Å². The van der Waals surface area contributed by atoms with Gasteiger partial charge in [0.1, 0.15) is 5.82 Å². The van der Waals surface area contributed by atoms with Crippen LogP contribution in [-0.4, -0.2) is 35.4 Å². The molecule has 0 aliphatic carbocycles. The van der Waals surface area contributed by atoms with Gasteiger partial charge in [-0.25, -0.2) is 4.39 Å². The second-order valence-corrected chi connectivity index (χ2v) is 3.25. The first kappa shape index (κ1) is 12.4. The smallest absolute Gasteiger partial charge is 0.253 e. The van der Waals surface area contributed by atoms with Crippen molar-refractivity contribution in [3.8, 4) is 0 Å². The summed E-state index contributed by atoms with van der Waals surface area (Å²) in [5.41, 5.74) is 5.14. The van der Waals surface area contributed by atoms with E-state index in [9.17, 15) is 9.18 Å². The van der Waals surface area contributed by atoms with Crippen molar-refractivity contribution in [2.45, 2.75) is 6.10 Å². The fraction of sp³-hybridized carbons (Fsp3) is 0.300. The molecule has 0 bridgehead atoms. The van der Waals surface area contributed by atoms with Crippen LogP contribution in [0.3, 0.4) is 0 Å². The molecule has 0 radical (unpaired) electrons. The highest BCUT2D eigenvalue weighted by molar-refractivity contribution is 5.99. The van der Waals surface area contributed by atoms with Crippen LogP contribution in [0.5, 0.6) is 0 Å². The molecule has 0 aliphatic rings. The summed E-state index contributed by atoms with van der Waals surface area (Å²) in [4.78, 5) is 11.5.